The molecule has 1 aromatic rings. The third kappa shape index (κ3) is 2.81. The monoisotopic (exact) mass is 289 g/mol. The van der Waals surface area contributed by atoms with E-state index < -0.39 is 20.1 Å². The summed E-state index contributed by atoms with van der Waals surface area (Å²) in [6.07, 6.45) is 0.513. The number of sulfone groups is 1. The van der Waals surface area contributed by atoms with Crippen LogP contribution in [0.3, 0.4) is 0 Å². The first-order valence-electron chi connectivity index (χ1n) is 5.48. The Bertz CT molecular complexity index is 572. The molecule has 18 heavy (non-hydrogen) atoms. The fourth-order valence-electron chi connectivity index (χ4n) is 2.14. The normalized spacial score (nSPS) is 23.7. The molecule has 1 aromatic carbocycles. The Hall–Kier alpha value is -1.14. The van der Waals surface area contributed by atoms with Crippen molar-refractivity contribution in [3.63, 3.8) is 0 Å². The lowest BCUT2D eigenvalue weighted by Gasteiger charge is -2.15. The van der Waals surface area contributed by atoms with E-state index in [0.717, 1.165) is 0 Å². The molecule has 0 spiro atoms. The molecule has 0 bridgehead atoms. The molecule has 1 saturated heterocycles. The first kappa shape index (κ1) is 13.3. The van der Waals surface area contributed by atoms with E-state index in [9.17, 15) is 18.5 Å². The number of rotatable bonds is 3. The highest BCUT2D eigenvalue weighted by atomic mass is 35.5. The minimum Gasteiger partial charge on any atom is -0.258 e. The zero-order chi connectivity index (χ0) is 13.3. The zero-order valence-corrected chi connectivity index (χ0v) is 11.0. The molecule has 1 aliphatic heterocycles. The molecule has 1 heterocycles. The van der Waals surface area contributed by atoms with Crippen molar-refractivity contribution in [2.24, 2.45) is 5.92 Å². The van der Waals surface area contributed by atoms with E-state index in [0.29, 0.717) is 12.0 Å². The van der Waals surface area contributed by atoms with Crippen LogP contribution < -0.4 is 0 Å². The number of nitrogens with zero attached hydrogens (tertiary/aromatic N) is 1. The second kappa shape index (κ2) is 4.85. The van der Waals surface area contributed by atoms with Gasteiger partial charge in [-0.05, 0) is 17.9 Å². The molecule has 2 rings (SSSR count). The summed E-state index contributed by atoms with van der Waals surface area (Å²) < 4.78 is 22.8. The molecule has 0 aliphatic carbocycles. The van der Waals surface area contributed by atoms with E-state index in [1.54, 1.807) is 12.1 Å². The molecule has 0 saturated carbocycles. The zero-order valence-electron chi connectivity index (χ0n) is 9.45. The SMILES string of the molecule is O=[N+]([O-])c1cccc(C(Cl)C2CCS(=O)(=O)C2)c1. The number of hydrogen-bond donors (Lipinski definition) is 0. The molecule has 2 atom stereocenters. The van der Waals surface area contributed by atoms with Crippen LogP contribution >= 0.6 is 11.6 Å². The Morgan fingerprint density at radius 1 is 1.44 bits per heavy atom. The molecule has 0 N–H and O–H groups in total. The van der Waals surface area contributed by atoms with Crippen molar-refractivity contribution in [3.8, 4) is 0 Å². The highest BCUT2D eigenvalue weighted by molar-refractivity contribution is 7.91. The molecule has 7 heteroatoms. The fraction of sp³-hybridized carbons (Fsp3) is 0.455. The maximum Gasteiger partial charge on any atom is 0.269 e. The summed E-state index contributed by atoms with van der Waals surface area (Å²) in [6.45, 7) is 0. The smallest absolute Gasteiger partial charge is 0.258 e. The van der Waals surface area contributed by atoms with Gasteiger partial charge in [0, 0.05) is 12.1 Å². The van der Waals surface area contributed by atoms with Crippen LogP contribution in [0, 0.1) is 16.0 Å². The average molecular weight is 290 g/mol. The van der Waals surface area contributed by atoms with E-state index in [1.165, 1.54) is 12.1 Å². The van der Waals surface area contributed by atoms with Gasteiger partial charge in [0.2, 0.25) is 0 Å². The van der Waals surface area contributed by atoms with Gasteiger partial charge in [0.15, 0.2) is 9.84 Å². The van der Waals surface area contributed by atoms with Crippen LogP contribution in [0.1, 0.15) is 17.4 Å². The molecule has 0 aromatic heterocycles. The summed E-state index contributed by atoms with van der Waals surface area (Å²) in [7, 11) is -2.99. The van der Waals surface area contributed by atoms with Crippen molar-refractivity contribution in [1.29, 1.82) is 0 Å². The summed E-state index contributed by atoms with van der Waals surface area (Å²) in [5, 5.41) is 10.2. The van der Waals surface area contributed by atoms with Crippen molar-refractivity contribution in [3.05, 3.63) is 39.9 Å². The minimum atomic E-state index is -2.99. The lowest BCUT2D eigenvalue weighted by molar-refractivity contribution is -0.384. The van der Waals surface area contributed by atoms with Crippen LogP contribution in [-0.4, -0.2) is 24.8 Å². The number of hydrogen-bond acceptors (Lipinski definition) is 4. The summed E-state index contributed by atoms with van der Waals surface area (Å²) in [6, 6.07) is 6.04. The van der Waals surface area contributed by atoms with Gasteiger partial charge in [-0.15, -0.1) is 11.6 Å². The number of alkyl halides is 1. The number of non-ortho nitro benzene ring substituents is 1. The maximum atomic E-state index is 11.4. The van der Waals surface area contributed by atoms with E-state index in [4.69, 9.17) is 11.6 Å². The molecule has 98 valence electrons. The first-order chi connectivity index (χ1) is 8.39. The second-order valence-corrected chi connectivity index (χ2v) is 7.12. The van der Waals surface area contributed by atoms with Crippen molar-refractivity contribution < 1.29 is 13.3 Å². The highest BCUT2D eigenvalue weighted by Gasteiger charge is 2.33. The fourth-order valence-corrected chi connectivity index (χ4v) is 4.43. The largest absolute Gasteiger partial charge is 0.269 e. The van der Waals surface area contributed by atoms with Crippen molar-refractivity contribution in [1.82, 2.24) is 0 Å². The van der Waals surface area contributed by atoms with Gasteiger partial charge in [-0.3, -0.25) is 10.1 Å². The lowest BCUT2D eigenvalue weighted by atomic mass is 9.98. The van der Waals surface area contributed by atoms with Crippen molar-refractivity contribution in [2.75, 3.05) is 11.5 Å². The topological polar surface area (TPSA) is 77.3 Å². The summed E-state index contributed by atoms with van der Waals surface area (Å²) in [4.78, 5) is 10.2. The maximum absolute atomic E-state index is 11.4. The minimum absolute atomic E-state index is 0.0287. The molecule has 0 radical (unpaired) electrons. The summed E-state index contributed by atoms with van der Waals surface area (Å²) in [5.74, 6) is 0.0401. The third-order valence-electron chi connectivity index (χ3n) is 3.08. The number of nitro benzene ring substituents is 1. The van der Waals surface area contributed by atoms with Gasteiger partial charge in [0.25, 0.3) is 5.69 Å². The Kier molecular flexibility index (Phi) is 3.59. The van der Waals surface area contributed by atoms with Gasteiger partial charge in [0.05, 0.1) is 21.8 Å². The molecule has 1 fully saturated rings. The van der Waals surface area contributed by atoms with Crippen LogP contribution in [0.5, 0.6) is 0 Å². The lowest BCUT2D eigenvalue weighted by Crippen LogP contribution is -2.10. The van der Waals surface area contributed by atoms with Crippen molar-refractivity contribution in [2.45, 2.75) is 11.8 Å². The quantitative estimate of drug-likeness (QED) is 0.486. The highest BCUT2D eigenvalue weighted by Crippen LogP contribution is 2.37. The molecule has 0 amide bonds. The van der Waals surface area contributed by atoms with Crippen LogP contribution in [-0.2, 0) is 9.84 Å². The molecule has 1 aliphatic rings. The Labute approximate surface area is 110 Å². The van der Waals surface area contributed by atoms with Crippen LogP contribution in [0.15, 0.2) is 24.3 Å². The Morgan fingerprint density at radius 3 is 2.72 bits per heavy atom. The van der Waals surface area contributed by atoms with E-state index in [1.807, 2.05) is 0 Å². The predicted octanol–water partition coefficient (Wildman–Crippen LogP) is 2.31. The van der Waals surface area contributed by atoms with Gasteiger partial charge in [-0.25, -0.2) is 8.42 Å². The summed E-state index contributed by atoms with van der Waals surface area (Å²) in [5.41, 5.74) is 0.576. The predicted molar refractivity (Wildman–Crippen MR) is 68.5 cm³/mol. The molecular weight excluding hydrogens is 278 g/mol. The standard InChI is InChI=1S/C11H12ClNO4S/c12-11(9-4-5-18(16,17)7-9)8-2-1-3-10(6-8)13(14)15/h1-3,6,9,11H,4-5,7H2. The van der Waals surface area contributed by atoms with Gasteiger partial charge in [-0.1, -0.05) is 12.1 Å². The van der Waals surface area contributed by atoms with E-state index in [2.05, 4.69) is 0 Å². The van der Waals surface area contributed by atoms with Crippen LogP contribution in [0.25, 0.3) is 0 Å². The average Bonchev–Trinajstić information content (AvgIpc) is 2.69. The van der Waals surface area contributed by atoms with Gasteiger partial charge >= 0.3 is 0 Å². The molecule has 5 nitrogen and oxygen atoms in total. The molecular formula is C11H12ClNO4S. The first-order valence-corrected chi connectivity index (χ1v) is 7.74. The summed E-state index contributed by atoms with van der Waals surface area (Å²) >= 11 is 6.23. The Balaban J connectivity index is 2.21. The number of nitro groups is 1. The Morgan fingerprint density at radius 2 is 2.17 bits per heavy atom. The van der Waals surface area contributed by atoms with Gasteiger partial charge < -0.3 is 0 Å². The number of halogens is 1. The van der Waals surface area contributed by atoms with Crippen molar-refractivity contribution >= 4 is 27.1 Å². The van der Waals surface area contributed by atoms with Gasteiger partial charge in [-0.2, -0.15) is 0 Å². The van der Waals surface area contributed by atoms with Crippen LogP contribution in [0.2, 0.25) is 0 Å². The van der Waals surface area contributed by atoms with Gasteiger partial charge in [0.1, 0.15) is 0 Å². The van der Waals surface area contributed by atoms with E-state index >= 15 is 0 Å². The second-order valence-electron chi connectivity index (χ2n) is 4.42. The van der Waals surface area contributed by atoms with E-state index in [-0.39, 0.29) is 23.1 Å². The molecule has 2 unspecified atom stereocenters. The van der Waals surface area contributed by atoms with Crippen LogP contribution in [0.4, 0.5) is 5.69 Å². The third-order valence-corrected chi connectivity index (χ3v) is 5.48. The number of benzene rings is 1.